The number of nitrogens with one attached hydrogen (secondary N) is 1. The van der Waals surface area contributed by atoms with Gasteiger partial charge in [-0.1, -0.05) is 24.3 Å². The fourth-order valence-corrected chi connectivity index (χ4v) is 4.30. The molecule has 190 valence electrons. The topological polar surface area (TPSA) is 86.3 Å². The van der Waals surface area contributed by atoms with Crippen LogP contribution in [0.2, 0.25) is 0 Å². The van der Waals surface area contributed by atoms with Crippen molar-refractivity contribution in [2.45, 2.75) is 51.7 Å². The molecule has 0 spiro atoms. The summed E-state index contributed by atoms with van der Waals surface area (Å²) in [5, 5.41) is 2.81. The highest BCUT2D eigenvalue weighted by atomic mass is 16.6. The summed E-state index contributed by atoms with van der Waals surface area (Å²) in [6.45, 7) is 7.20. The highest BCUT2D eigenvalue weighted by molar-refractivity contribution is 5.98. The van der Waals surface area contributed by atoms with Crippen LogP contribution in [0.3, 0.4) is 0 Å². The molecule has 0 atom stereocenters. The van der Waals surface area contributed by atoms with Crippen molar-refractivity contribution < 1.29 is 28.5 Å². The summed E-state index contributed by atoms with van der Waals surface area (Å²) in [6.07, 6.45) is 1.27. The Hall–Kier alpha value is -3.42. The molecule has 2 amide bonds. The number of nitrogens with zero attached hydrogens (tertiary/aromatic N) is 1. The Bertz CT molecular complexity index is 1040. The second-order valence-corrected chi connectivity index (χ2v) is 9.55. The van der Waals surface area contributed by atoms with Crippen molar-refractivity contribution in [3.63, 3.8) is 0 Å². The minimum Gasteiger partial charge on any atom is -0.493 e. The van der Waals surface area contributed by atoms with E-state index in [9.17, 15) is 9.59 Å². The van der Waals surface area contributed by atoms with Gasteiger partial charge in [0.2, 0.25) is 5.75 Å². The minimum atomic E-state index is -0.529. The molecule has 1 aliphatic rings. The smallest absolute Gasteiger partial charge is 0.407 e. The summed E-state index contributed by atoms with van der Waals surface area (Å²) >= 11 is 0. The largest absolute Gasteiger partial charge is 0.493 e. The number of amides is 2. The van der Waals surface area contributed by atoms with Gasteiger partial charge in [0, 0.05) is 19.6 Å². The summed E-state index contributed by atoms with van der Waals surface area (Å²) in [6, 6.07) is 11.7. The zero-order valence-electron chi connectivity index (χ0n) is 21.5. The first-order valence-corrected chi connectivity index (χ1v) is 11.8. The normalized spacial score (nSPS) is 14.3. The molecule has 0 bridgehead atoms. The standard InChI is InChI=1S/C27H36N2O6/c1-27(2,3)35-26(31)28-17-18-8-7-9-20(16-18)19-12-14-29(15-13-19)25(30)21-10-11-22(32-4)24(34-6)23(21)33-5/h7-11,16,19H,12-15,17H2,1-6H3,(H,28,31). The molecule has 1 heterocycles. The summed E-state index contributed by atoms with van der Waals surface area (Å²) in [4.78, 5) is 27.1. The number of benzene rings is 2. The van der Waals surface area contributed by atoms with Crippen LogP contribution in [0.25, 0.3) is 0 Å². The van der Waals surface area contributed by atoms with Crippen LogP contribution in [0, 0.1) is 0 Å². The zero-order valence-corrected chi connectivity index (χ0v) is 21.5. The van der Waals surface area contributed by atoms with E-state index in [0.29, 0.717) is 48.4 Å². The Morgan fingerprint density at radius 2 is 1.66 bits per heavy atom. The van der Waals surface area contributed by atoms with Gasteiger partial charge in [0.05, 0.1) is 26.9 Å². The molecule has 8 nitrogen and oxygen atoms in total. The lowest BCUT2D eigenvalue weighted by Crippen LogP contribution is -2.38. The highest BCUT2D eigenvalue weighted by Crippen LogP contribution is 2.40. The molecule has 0 unspecified atom stereocenters. The Labute approximate surface area is 207 Å². The van der Waals surface area contributed by atoms with Gasteiger partial charge < -0.3 is 29.2 Å². The van der Waals surface area contributed by atoms with Gasteiger partial charge in [0.25, 0.3) is 5.91 Å². The van der Waals surface area contributed by atoms with Gasteiger partial charge in [-0.3, -0.25) is 4.79 Å². The number of methoxy groups -OCH3 is 3. The van der Waals surface area contributed by atoms with E-state index in [4.69, 9.17) is 18.9 Å². The molecule has 2 aromatic rings. The van der Waals surface area contributed by atoms with Gasteiger partial charge >= 0.3 is 6.09 Å². The third kappa shape index (κ3) is 6.59. The van der Waals surface area contributed by atoms with Crippen LogP contribution in [0.15, 0.2) is 36.4 Å². The maximum absolute atomic E-state index is 13.3. The molecule has 0 radical (unpaired) electrons. The molecule has 35 heavy (non-hydrogen) atoms. The average Bonchev–Trinajstić information content (AvgIpc) is 2.85. The number of hydrogen-bond acceptors (Lipinski definition) is 6. The Morgan fingerprint density at radius 3 is 2.26 bits per heavy atom. The number of likely N-dealkylation sites (tertiary alicyclic amines) is 1. The molecular weight excluding hydrogens is 448 g/mol. The van der Waals surface area contributed by atoms with Crippen LogP contribution in [0.1, 0.15) is 61.0 Å². The summed E-state index contributed by atoms with van der Waals surface area (Å²) < 4.78 is 21.6. The molecule has 1 saturated heterocycles. The van der Waals surface area contributed by atoms with Crippen LogP contribution in [0.4, 0.5) is 4.79 Å². The zero-order chi connectivity index (χ0) is 25.6. The predicted molar refractivity (Wildman–Crippen MR) is 133 cm³/mol. The van der Waals surface area contributed by atoms with Gasteiger partial charge in [-0.05, 0) is 62.8 Å². The van der Waals surface area contributed by atoms with Crippen LogP contribution < -0.4 is 19.5 Å². The number of carbonyl (C=O) groups excluding carboxylic acids is 2. The lowest BCUT2D eigenvalue weighted by Gasteiger charge is -2.33. The van der Waals surface area contributed by atoms with E-state index in [1.54, 1.807) is 19.2 Å². The summed E-state index contributed by atoms with van der Waals surface area (Å²) in [5.74, 6) is 1.56. The number of ether oxygens (including phenoxy) is 4. The number of rotatable bonds is 7. The minimum absolute atomic E-state index is 0.0865. The van der Waals surface area contributed by atoms with E-state index in [1.807, 2.05) is 37.8 Å². The Kier molecular flexibility index (Phi) is 8.48. The third-order valence-electron chi connectivity index (χ3n) is 5.97. The van der Waals surface area contributed by atoms with Crippen molar-refractivity contribution in [2.75, 3.05) is 34.4 Å². The van der Waals surface area contributed by atoms with Crippen LogP contribution in [-0.4, -0.2) is 56.9 Å². The Balaban J connectivity index is 1.63. The summed E-state index contributed by atoms with van der Waals surface area (Å²) in [7, 11) is 4.59. The molecule has 8 heteroatoms. The van der Waals surface area contributed by atoms with E-state index in [1.165, 1.54) is 19.8 Å². The summed E-state index contributed by atoms with van der Waals surface area (Å²) in [5.41, 5.74) is 2.16. The fourth-order valence-electron chi connectivity index (χ4n) is 4.30. The number of alkyl carbamates (subject to hydrolysis) is 1. The second kappa shape index (κ2) is 11.3. The Morgan fingerprint density at radius 1 is 0.971 bits per heavy atom. The first-order chi connectivity index (χ1) is 16.7. The molecule has 3 rings (SSSR count). The molecule has 1 N–H and O–H groups in total. The molecule has 0 aliphatic carbocycles. The van der Waals surface area contributed by atoms with Crippen LogP contribution >= 0.6 is 0 Å². The van der Waals surface area contributed by atoms with Crippen molar-refractivity contribution in [2.24, 2.45) is 0 Å². The lowest BCUT2D eigenvalue weighted by atomic mass is 9.88. The van der Waals surface area contributed by atoms with Crippen molar-refractivity contribution in [1.29, 1.82) is 0 Å². The monoisotopic (exact) mass is 484 g/mol. The SMILES string of the molecule is COc1ccc(C(=O)N2CCC(c3cccc(CNC(=O)OC(C)(C)C)c3)CC2)c(OC)c1OC. The van der Waals surface area contributed by atoms with Crippen LogP contribution in [-0.2, 0) is 11.3 Å². The lowest BCUT2D eigenvalue weighted by molar-refractivity contribution is 0.0523. The van der Waals surface area contributed by atoms with Gasteiger partial charge in [-0.25, -0.2) is 4.79 Å². The van der Waals surface area contributed by atoms with Crippen LogP contribution in [0.5, 0.6) is 17.2 Å². The molecule has 1 aliphatic heterocycles. The van der Waals surface area contributed by atoms with Crippen molar-refractivity contribution >= 4 is 12.0 Å². The fraction of sp³-hybridized carbons (Fsp3) is 0.481. The van der Waals surface area contributed by atoms with E-state index < -0.39 is 11.7 Å². The molecule has 0 saturated carbocycles. The molecule has 2 aromatic carbocycles. The van der Waals surface area contributed by atoms with E-state index >= 15 is 0 Å². The number of carbonyl (C=O) groups is 2. The van der Waals surface area contributed by atoms with Crippen molar-refractivity contribution in [1.82, 2.24) is 10.2 Å². The first kappa shape index (κ1) is 26.2. The van der Waals surface area contributed by atoms with E-state index in [0.717, 1.165) is 18.4 Å². The number of hydrogen-bond donors (Lipinski definition) is 1. The van der Waals surface area contributed by atoms with Gasteiger partial charge in [-0.15, -0.1) is 0 Å². The van der Waals surface area contributed by atoms with Crippen molar-refractivity contribution in [3.05, 3.63) is 53.1 Å². The predicted octanol–water partition coefficient (Wildman–Crippen LogP) is 4.76. The highest BCUT2D eigenvalue weighted by Gasteiger charge is 2.28. The van der Waals surface area contributed by atoms with E-state index in [-0.39, 0.29) is 5.91 Å². The third-order valence-corrected chi connectivity index (χ3v) is 5.97. The molecule has 0 aromatic heterocycles. The van der Waals surface area contributed by atoms with E-state index in [2.05, 4.69) is 17.4 Å². The average molecular weight is 485 g/mol. The first-order valence-electron chi connectivity index (χ1n) is 11.8. The van der Waals surface area contributed by atoms with Gasteiger partial charge in [0.15, 0.2) is 11.5 Å². The second-order valence-electron chi connectivity index (χ2n) is 9.55. The van der Waals surface area contributed by atoms with Crippen molar-refractivity contribution in [3.8, 4) is 17.2 Å². The molecule has 1 fully saturated rings. The molecular formula is C27H36N2O6. The number of piperidine rings is 1. The maximum atomic E-state index is 13.3. The quantitative estimate of drug-likeness (QED) is 0.610. The van der Waals surface area contributed by atoms with Gasteiger partial charge in [-0.2, -0.15) is 0 Å². The maximum Gasteiger partial charge on any atom is 0.407 e. The van der Waals surface area contributed by atoms with Gasteiger partial charge in [0.1, 0.15) is 5.60 Å².